The van der Waals surface area contributed by atoms with Gasteiger partial charge in [0.2, 0.25) is 5.91 Å². The van der Waals surface area contributed by atoms with Crippen LogP contribution in [0, 0.1) is 0 Å². The van der Waals surface area contributed by atoms with Crippen molar-refractivity contribution >= 4 is 46.8 Å². The zero-order valence-electron chi connectivity index (χ0n) is 17.9. The predicted molar refractivity (Wildman–Crippen MR) is 126 cm³/mol. The highest BCUT2D eigenvalue weighted by Gasteiger charge is 2.42. The van der Waals surface area contributed by atoms with E-state index in [0.29, 0.717) is 41.0 Å². The van der Waals surface area contributed by atoms with E-state index < -0.39 is 11.4 Å². The van der Waals surface area contributed by atoms with Crippen LogP contribution in [-0.4, -0.2) is 63.0 Å². The molecule has 2 aromatic carbocycles. The molecule has 7 nitrogen and oxygen atoms in total. The molecule has 32 heavy (non-hydrogen) atoms. The molecular formula is C22H24Cl2N2O5S. The van der Waals surface area contributed by atoms with Crippen LogP contribution in [0.4, 0.5) is 0 Å². The zero-order valence-corrected chi connectivity index (χ0v) is 20.2. The van der Waals surface area contributed by atoms with E-state index in [1.165, 1.54) is 17.8 Å². The first kappa shape index (κ1) is 24.5. The van der Waals surface area contributed by atoms with E-state index in [1.54, 1.807) is 44.4 Å². The Morgan fingerprint density at radius 3 is 2.47 bits per heavy atom. The lowest BCUT2D eigenvalue weighted by Gasteiger charge is -2.29. The van der Waals surface area contributed by atoms with Crippen LogP contribution in [0.1, 0.15) is 21.3 Å². The Morgan fingerprint density at radius 2 is 1.81 bits per heavy atom. The number of hydrogen-bond donors (Lipinski definition) is 1. The van der Waals surface area contributed by atoms with Gasteiger partial charge in [-0.1, -0.05) is 29.3 Å². The number of nitrogens with one attached hydrogen (secondary N) is 1. The Hall–Kier alpha value is -2.13. The van der Waals surface area contributed by atoms with Crippen LogP contribution in [-0.2, 0) is 9.53 Å². The van der Waals surface area contributed by atoms with Gasteiger partial charge >= 0.3 is 0 Å². The summed E-state index contributed by atoms with van der Waals surface area (Å²) in [5.41, 5.74) is 1.16. The van der Waals surface area contributed by atoms with Crippen LogP contribution in [0.2, 0.25) is 10.0 Å². The number of carbonyl (C=O) groups excluding carboxylic acids is 2. The molecule has 2 atom stereocenters. The summed E-state index contributed by atoms with van der Waals surface area (Å²) >= 11 is 13.7. The number of amides is 2. The largest absolute Gasteiger partial charge is 0.493 e. The first-order chi connectivity index (χ1) is 15.4. The van der Waals surface area contributed by atoms with Crippen molar-refractivity contribution in [3.8, 4) is 11.5 Å². The summed E-state index contributed by atoms with van der Waals surface area (Å²) in [7, 11) is 4.67. The molecule has 0 spiro atoms. The van der Waals surface area contributed by atoms with Gasteiger partial charge in [0, 0.05) is 25.0 Å². The van der Waals surface area contributed by atoms with Crippen molar-refractivity contribution in [2.75, 3.05) is 40.2 Å². The van der Waals surface area contributed by atoms with Crippen molar-refractivity contribution in [2.24, 2.45) is 0 Å². The molecule has 2 aromatic rings. The lowest BCUT2D eigenvalue weighted by molar-refractivity contribution is -0.125. The third-order valence-electron chi connectivity index (χ3n) is 5.00. The van der Waals surface area contributed by atoms with Gasteiger partial charge in [-0.3, -0.25) is 9.59 Å². The highest BCUT2D eigenvalue weighted by Crippen LogP contribution is 2.44. The monoisotopic (exact) mass is 498 g/mol. The van der Waals surface area contributed by atoms with Gasteiger partial charge < -0.3 is 24.4 Å². The molecule has 1 saturated heterocycles. The fourth-order valence-electron chi connectivity index (χ4n) is 3.39. The molecule has 1 aliphatic rings. The lowest BCUT2D eigenvalue weighted by atomic mass is 10.1. The highest BCUT2D eigenvalue weighted by molar-refractivity contribution is 7.99. The molecule has 1 fully saturated rings. The minimum atomic E-state index is -0.670. The number of hydrogen-bond acceptors (Lipinski definition) is 6. The molecule has 0 aromatic heterocycles. The molecule has 172 valence electrons. The molecule has 0 radical (unpaired) electrons. The first-order valence-electron chi connectivity index (χ1n) is 9.79. The van der Waals surface area contributed by atoms with Crippen molar-refractivity contribution in [3.05, 3.63) is 57.6 Å². The van der Waals surface area contributed by atoms with E-state index in [1.807, 2.05) is 12.1 Å². The SMILES string of the molecule is COCCNC(=O)C1CSC(c2ccc(OC)c(OC)c2)N1C(=O)c1ccc(Cl)c(Cl)c1. The molecule has 3 rings (SSSR count). The molecule has 1 N–H and O–H groups in total. The predicted octanol–water partition coefficient (Wildman–Crippen LogP) is 4.03. The molecule has 1 aliphatic heterocycles. The van der Waals surface area contributed by atoms with E-state index in [-0.39, 0.29) is 16.8 Å². The van der Waals surface area contributed by atoms with Gasteiger partial charge in [0.25, 0.3) is 5.91 Å². The second-order valence-electron chi connectivity index (χ2n) is 6.94. The number of methoxy groups -OCH3 is 3. The van der Waals surface area contributed by atoms with Crippen LogP contribution in [0.5, 0.6) is 11.5 Å². The minimum absolute atomic E-state index is 0.245. The second kappa shape index (κ2) is 11.1. The summed E-state index contributed by atoms with van der Waals surface area (Å²) in [6, 6.07) is 9.47. The van der Waals surface area contributed by atoms with E-state index >= 15 is 0 Å². The normalized spacial score (nSPS) is 17.8. The minimum Gasteiger partial charge on any atom is -0.493 e. The van der Waals surface area contributed by atoms with Gasteiger partial charge in [0.15, 0.2) is 11.5 Å². The van der Waals surface area contributed by atoms with Crippen LogP contribution in [0.3, 0.4) is 0 Å². The van der Waals surface area contributed by atoms with E-state index in [0.717, 1.165) is 5.56 Å². The van der Waals surface area contributed by atoms with Gasteiger partial charge in [-0.2, -0.15) is 0 Å². The Morgan fingerprint density at radius 1 is 1.06 bits per heavy atom. The molecule has 10 heteroatoms. The lowest BCUT2D eigenvalue weighted by Crippen LogP contribution is -2.48. The van der Waals surface area contributed by atoms with Crippen molar-refractivity contribution < 1.29 is 23.8 Å². The van der Waals surface area contributed by atoms with Gasteiger partial charge in [-0.05, 0) is 35.9 Å². The van der Waals surface area contributed by atoms with Crippen molar-refractivity contribution in [3.63, 3.8) is 0 Å². The van der Waals surface area contributed by atoms with E-state index in [4.69, 9.17) is 37.4 Å². The number of thioether (sulfide) groups is 1. The Kier molecular flexibility index (Phi) is 8.53. The van der Waals surface area contributed by atoms with Crippen molar-refractivity contribution in [1.29, 1.82) is 0 Å². The first-order valence-corrected chi connectivity index (χ1v) is 11.6. The Balaban J connectivity index is 1.97. The van der Waals surface area contributed by atoms with Crippen molar-refractivity contribution in [1.82, 2.24) is 10.2 Å². The van der Waals surface area contributed by atoms with Gasteiger partial charge in [-0.25, -0.2) is 0 Å². The average molecular weight is 499 g/mol. The van der Waals surface area contributed by atoms with Crippen LogP contribution in [0.15, 0.2) is 36.4 Å². The number of carbonyl (C=O) groups is 2. The maximum Gasteiger partial charge on any atom is 0.255 e. The van der Waals surface area contributed by atoms with Gasteiger partial charge in [-0.15, -0.1) is 11.8 Å². The molecule has 0 aliphatic carbocycles. The van der Waals surface area contributed by atoms with Crippen LogP contribution in [0.25, 0.3) is 0 Å². The van der Waals surface area contributed by atoms with E-state index in [2.05, 4.69) is 5.32 Å². The molecule has 0 saturated carbocycles. The quantitative estimate of drug-likeness (QED) is 0.553. The number of ether oxygens (including phenoxy) is 3. The third-order valence-corrected chi connectivity index (χ3v) is 7.06. The van der Waals surface area contributed by atoms with Gasteiger partial charge in [0.1, 0.15) is 11.4 Å². The molecule has 1 heterocycles. The smallest absolute Gasteiger partial charge is 0.255 e. The topological polar surface area (TPSA) is 77.1 Å². The van der Waals surface area contributed by atoms with E-state index in [9.17, 15) is 9.59 Å². The summed E-state index contributed by atoms with van der Waals surface area (Å²) in [5.74, 6) is 0.993. The zero-order chi connectivity index (χ0) is 23.3. The maximum absolute atomic E-state index is 13.6. The molecular weight excluding hydrogens is 475 g/mol. The van der Waals surface area contributed by atoms with Gasteiger partial charge in [0.05, 0.1) is 30.9 Å². The standard InChI is InChI=1S/C22H24Cl2N2O5S/c1-29-9-8-25-20(27)17-12-32-22(14-5-7-18(30-2)19(11-14)31-3)26(17)21(28)13-4-6-15(23)16(24)10-13/h4-7,10-11,17,22H,8-9,12H2,1-3H3,(H,25,27). The van der Waals surface area contributed by atoms with Crippen LogP contribution < -0.4 is 14.8 Å². The summed E-state index contributed by atoms with van der Waals surface area (Å²) in [5, 5.41) is 3.05. The number of halogens is 2. The highest BCUT2D eigenvalue weighted by atomic mass is 35.5. The number of benzene rings is 2. The number of nitrogens with zero attached hydrogens (tertiary/aromatic N) is 1. The third kappa shape index (κ3) is 5.26. The molecule has 0 bridgehead atoms. The average Bonchev–Trinajstić information content (AvgIpc) is 3.25. The summed E-state index contributed by atoms with van der Waals surface area (Å²) in [6.45, 7) is 0.734. The fourth-order valence-corrected chi connectivity index (χ4v) is 5.11. The summed E-state index contributed by atoms with van der Waals surface area (Å²) in [6.07, 6.45) is 0. The summed E-state index contributed by atoms with van der Waals surface area (Å²) < 4.78 is 15.8. The molecule has 2 unspecified atom stereocenters. The Bertz CT molecular complexity index is 991. The Labute approximate surface area is 201 Å². The molecule has 2 amide bonds. The van der Waals surface area contributed by atoms with Crippen LogP contribution >= 0.6 is 35.0 Å². The summed E-state index contributed by atoms with van der Waals surface area (Å²) in [4.78, 5) is 28.1. The van der Waals surface area contributed by atoms with Crippen molar-refractivity contribution in [2.45, 2.75) is 11.4 Å². The number of rotatable bonds is 8. The second-order valence-corrected chi connectivity index (χ2v) is 8.87. The fraction of sp³-hybridized carbons (Fsp3) is 0.364. The maximum atomic E-state index is 13.6.